The molecule has 0 aliphatic rings. The van der Waals surface area contributed by atoms with E-state index in [9.17, 15) is 0 Å². The van der Waals surface area contributed by atoms with Crippen LogP contribution in [-0.4, -0.2) is 50.6 Å². The molecule has 0 saturated heterocycles. The molecule has 2 nitrogen and oxygen atoms in total. The summed E-state index contributed by atoms with van der Waals surface area (Å²) in [6.45, 7) is 29.1. The van der Waals surface area contributed by atoms with Gasteiger partial charge >= 0.3 is 0 Å². The summed E-state index contributed by atoms with van der Waals surface area (Å²) < 4.78 is 5.87. The Kier molecular flexibility index (Phi) is 9.65. The third-order valence-corrected chi connectivity index (χ3v) is 14.0. The molecule has 152 valence electrons. The Bertz CT molecular complexity index is 321. The number of nitrogens with zero attached hydrogens (tertiary/aromatic N) is 2. The first-order valence-corrected chi connectivity index (χ1v) is 14.0. The second-order valence-corrected chi connectivity index (χ2v) is 15.3. The fourth-order valence-corrected chi connectivity index (χ4v) is 10.4. The van der Waals surface area contributed by atoms with Crippen molar-refractivity contribution in [2.45, 2.75) is 137 Å². The van der Waals surface area contributed by atoms with Gasteiger partial charge in [-0.05, 0) is 86.7 Å². The summed E-state index contributed by atoms with van der Waals surface area (Å²) in [7, 11) is -0.451. The fraction of sp³-hybridized carbons (Fsp3) is 1.00. The van der Waals surface area contributed by atoms with Gasteiger partial charge in [0.1, 0.15) is 0 Å². The first-order valence-electron chi connectivity index (χ1n) is 10.8. The maximum atomic E-state index is 2.93. The van der Waals surface area contributed by atoms with E-state index in [4.69, 9.17) is 0 Å². The molecule has 0 saturated carbocycles. The van der Waals surface area contributed by atoms with Crippen LogP contribution in [0.1, 0.15) is 109 Å². The van der Waals surface area contributed by atoms with E-state index in [1.807, 2.05) is 0 Å². The van der Waals surface area contributed by atoms with Crippen LogP contribution in [0.15, 0.2) is 0 Å². The molecule has 0 fully saturated rings. The maximum absolute atomic E-state index is 2.93. The molecule has 0 spiro atoms. The molecule has 0 aromatic rings. The lowest BCUT2D eigenvalue weighted by Gasteiger charge is -2.51. The van der Waals surface area contributed by atoms with Gasteiger partial charge in [-0.2, -0.15) is 0 Å². The molecule has 0 unspecified atom stereocenters. The van der Waals surface area contributed by atoms with Crippen LogP contribution in [0.25, 0.3) is 0 Å². The van der Waals surface area contributed by atoms with Crippen molar-refractivity contribution >= 4 is 19.4 Å². The number of hydrogen-bond acceptors (Lipinski definition) is 2. The molecule has 0 aromatic carbocycles. The first kappa shape index (κ1) is 25.4. The lowest BCUT2D eigenvalue weighted by atomic mass is 9.93. The van der Waals surface area contributed by atoms with Gasteiger partial charge in [-0.3, -0.25) is 0 Å². The second kappa shape index (κ2) is 9.52. The van der Waals surface area contributed by atoms with E-state index in [0.29, 0.717) is 22.2 Å². The van der Waals surface area contributed by atoms with Crippen LogP contribution in [0.3, 0.4) is 0 Å². The van der Waals surface area contributed by atoms with Gasteiger partial charge in [0.15, 0.2) is 0 Å². The van der Waals surface area contributed by atoms with Crippen LogP contribution in [0.2, 0.25) is 5.67 Å². The molecule has 0 radical (unpaired) electrons. The van der Waals surface area contributed by atoms with E-state index in [1.54, 1.807) is 0 Å². The molecule has 0 atom stereocenters. The average molecular weight is 387 g/mol. The highest BCUT2D eigenvalue weighted by atomic mass is 28.3. The van der Waals surface area contributed by atoms with Gasteiger partial charge in [-0.1, -0.05) is 27.7 Å². The molecular formula is C21H50N2Si2. The van der Waals surface area contributed by atoms with Gasteiger partial charge in [-0.15, -0.1) is 0 Å². The minimum Gasteiger partial charge on any atom is -0.320 e. The molecule has 0 heterocycles. The van der Waals surface area contributed by atoms with Crippen molar-refractivity contribution in [2.75, 3.05) is 0 Å². The molecule has 0 aliphatic carbocycles. The van der Waals surface area contributed by atoms with Gasteiger partial charge in [0.25, 0.3) is 0 Å². The van der Waals surface area contributed by atoms with Crippen LogP contribution in [0.5, 0.6) is 0 Å². The Morgan fingerprint density at radius 2 is 0.680 bits per heavy atom. The Labute approximate surface area is 165 Å². The second-order valence-electron chi connectivity index (χ2n) is 10.3. The van der Waals surface area contributed by atoms with Gasteiger partial charge in [0.2, 0.25) is 0 Å². The molecule has 0 amide bonds. The standard InChI is InChI=1S/C21H50N2Si2/c1-13-18(5,6)22(19(7,8)14-2)24-17-25-23(20(9,10)15-3)21(11,12)16-4/h13-17,24-25H2,1-12H3. The average Bonchev–Trinajstić information content (AvgIpc) is 2.53. The first-order chi connectivity index (χ1) is 11.2. The van der Waals surface area contributed by atoms with Gasteiger partial charge in [0.05, 0.1) is 19.4 Å². The Hall–Kier alpha value is 0.354. The van der Waals surface area contributed by atoms with Crippen LogP contribution in [-0.2, 0) is 0 Å². The highest BCUT2D eigenvalue weighted by Gasteiger charge is 2.37. The van der Waals surface area contributed by atoms with E-state index < -0.39 is 0 Å². The summed E-state index contributed by atoms with van der Waals surface area (Å²) in [6.07, 6.45) is 4.98. The zero-order valence-corrected chi connectivity index (χ0v) is 22.7. The Morgan fingerprint density at radius 1 is 0.480 bits per heavy atom. The molecule has 25 heavy (non-hydrogen) atoms. The Morgan fingerprint density at radius 3 is 0.840 bits per heavy atom. The normalized spacial score (nSPS) is 15.6. The minimum atomic E-state index is -0.226. The summed E-state index contributed by atoms with van der Waals surface area (Å²) in [5.74, 6) is 0. The van der Waals surface area contributed by atoms with Crippen molar-refractivity contribution in [2.24, 2.45) is 0 Å². The SMILES string of the molecule is CCC(C)(C)N([SiH2]C[SiH2]N(C(C)(C)CC)C(C)(C)CC)C(C)(C)CC. The topological polar surface area (TPSA) is 6.48 Å². The molecule has 0 aliphatic heterocycles. The zero-order valence-electron chi connectivity index (χ0n) is 19.8. The summed E-state index contributed by atoms with van der Waals surface area (Å²) in [4.78, 5) is 0. The lowest BCUT2D eigenvalue weighted by Crippen LogP contribution is -2.59. The van der Waals surface area contributed by atoms with Gasteiger partial charge in [0, 0.05) is 22.2 Å². The van der Waals surface area contributed by atoms with Crippen molar-refractivity contribution < 1.29 is 0 Å². The fourth-order valence-electron chi connectivity index (χ4n) is 4.00. The summed E-state index contributed by atoms with van der Waals surface area (Å²) in [6, 6.07) is 0. The maximum Gasteiger partial charge on any atom is 0.0945 e. The molecule has 0 bridgehead atoms. The van der Waals surface area contributed by atoms with Crippen molar-refractivity contribution in [3.8, 4) is 0 Å². The highest BCUT2D eigenvalue weighted by Crippen LogP contribution is 2.32. The van der Waals surface area contributed by atoms with E-state index >= 15 is 0 Å². The quantitative estimate of drug-likeness (QED) is 0.441. The Balaban J connectivity index is 5.28. The predicted molar refractivity (Wildman–Crippen MR) is 123 cm³/mol. The molecule has 0 N–H and O–H groups in total. The van der Waals surface area contributed by atoms with Crippen molar-refractivity contribution in [1.82, 2.24) is 9.13 Å². The van der Waals surface area contributed by atoms with Gasteiger partial charge in [-0.25, -0.2) is 0 Å². The van der Waals surface area contributed by atoms with Crippen molar-refractivity contribution in [3.05, 3.63) is 0 Å². The van der Waals surface area contributed by atoms with Crippen LogP contribution in [0, 0.1) is 0 Å². The van der Waals surface area contributed by atoms with Crippen LogP contribution >= 0.6 is 0 Å². The molecule has 4 heteroatoms. The minimum absolute atomic E-state index is 0.226. The lowest BCUT2D eigenvalue weighted by molar-refractivity contribution is 0.0988. The number of rotatable bonds is 12. The van der Waals surface area contributed by atoms with E-state index in [0.717, 1.165) is 0 Å². The number of hydrogen-bond donors (Lipinski definition) is 0. The third-order valence-electron chi connectivity index (χ3n) is 7.15. The zero-order chi connectivity index (χ0) is 20.1. The largest absolute Gasteiger partial charge is 0.320 e. The van der Waals surface area contributed by atoms with Crippen LogP contribution < -0.4 is 0 Å². The predicted octanol–water partition coefficient (Wildman–Crippen LogP) is 4.89. The molecule has 0 rings (SSSR count). The van der Waals surface area contributed by atoms with Crippen molar-refractivity contribution in [1.29, 1.82) is 0 Å². The summed E-state index contributed by atoms with van der Waals surface area (Å²) in [5.41, 5.74) is 2.87. The summed E-state index contributed by atoms with van der Waals surface area (Å²) >= 11 is 0. The highest BCUT2D eigenvalue weighted by molar-refractivity contribution is 6.53. The summed E-state index contributed by atoms with van der Waals surface area (Å²) in [5, 5.41) is 0. The van der Waals surface area contributed by atoms with E-state index in [1.165, 1.54) is 31.4 Å². The molecule has 0 aromatic heterocycles. The van der Waals surface area contributed by atoms with E-state index in [-0.39, 0.29) is 19.4 Å². The van der Waals surface area contributed by atoms with Crippen molar-refractivity contribution in [3.63, 3.8) is 0 Å². The third kappa shape index (κ3) is 6.78. The molecular weight excluding hydrogens is 336 g/mol. The smallest absolute Gasteiger partial charge is 0.0945 e. The van der Waals surface area contributed by atoms with Crippen LogP contribution in [0.4, 0.5) is 0 Å². The monoisotopic (exact) mass is 386 g/mol. The van der Waals surface area contributed by atoms with E-state index in [2.05, 4.69) is 92.2 Å². The van der Waals surface area contributed by atoms with Gasteiger partial charge < -0.3 is 9.13 Å².